The van der Waals surface area contributed by atoms with Crippen LogP contribution in [0.4, 0.5) is 0 Å². The Balaban J connectivity index is 2.34. The summed E-state index contributed by atoms with van der Waals surface area (Å²) in [6, 6.07) is 0. The van der Waals surface area contributed by atoms with Gasteiger partial charge in [0.2, 0.25) is 11.5 Å². The monoisotopic (exact) mass is 276 g/mol. The van der Waals surface area contributed by atoms with E-state index in [0.29, 0.717) is 0 Å². The summed E-state index contributed by atoms with van der Waals surface area (Å²) in [5.41, 5.74) is -1.45. The number of aliphatic hydroxyl groups is 2. The minimum Gasteiger partial charge on any atom is -0.502 e. The number of hydrogen-bond donors (Lipinski definition) is 3. The molecule has 3 N–H and O–H groups in total. The molecule has 8 heteroatoms. The van der Waals surface area contributed by atoms with Crippen molar-refractivity contribution < 1.29 is 19.7 Å². The van der Waals surface area contributed by atoms with Crippen molar-refractivity contribution in [2.24, 2.45) is 0 Å². The molecule has 0 amide bonds. The molecule has 8 nitrogen and oxygen atoms in total. The Morgan fingerprint density at radius 2 is 2.05 bits per heavy atom. The number of allylic oxidation sites excluding steroid dienone is 1. The first kappa shape index (κ1) is 13.2. The summed E-state index contributed by atoms with van der Waals surface area (Å²) in [5, 5.41) is 18.4. The SMILES string of the molecule is C#Cc1cn(C/C=C2\OC(=O)C(O)=C2O)c(=O)[nH]c1=O. The maximum Gasteiger partial charge on any atom is 0.383 e. The molecular formula is C12H8N2O6. The van der Waals surface area contributed by atoms with E-state index in [0.717, 1.165) is 10.8 Å². The Labute approximate surface area is 111 Å². The number of cyclic esters (lactones) is 1. The maximum atomic E-state index is 11.5. The normalized spacial score (nSPS) is 16.4. The Bertz CT molecular complexity index is 802. The highest BCUT2D eigenvalue weighted by Crippen LogP contribution is 2.21. The van der Waals surface area contributed by atoms with E-state index in [1.807, 2.05) is 4.98 Å². The van der Waals surface area contributed by atoms with Gasteiger partial charge in [-0.2, -0.15) is 0 Å². The van der Waals surface area contributed by atoms with Crippen LogP contribution in [0.15, 0.2) is 39.1 Å². The van der Waals surface area contributed by atoms with Crippen LogP contribution in [0.1, 0.15) is 5.56 Å². The van der Waals surface area contributed by atoms with E-state index in [-0.39, 0.29) is 17.9 Å². The molecule has 0 spiro atoms. The Morgan fingerprint density at radius 1 is 1.35 bits per heavy atom. The van der Waals surface area contributed by atoms with Crippen LogP contribution in [0, 0.1) is 12.3 Å². The molecule has 1 aliphatic rings. The molecule has 2 rings (SSSR count). The lowest BCUT2D eigenvalue weighted by atomic mass is 10.3. The van der Waals surface area contributed by atoms with Gasteiger partial charge in [0.15, 0.2) is 5.76 Å². The maximum absolute atomic E-state index is 11.5. The summed E-state index contributed by atoms with van der Waals surface area (Å²) in [6.45, 7) is -0.135. The third-order valence-corrected chi connectivity index (χ3v) is 2.49. The van der Waals surface area contributed by atoms with Crippen LogP contribution in [0.5, 0.6) is 0 Å². The first-order valence-electron chi connectivity index (χ1n) is 5.29. The van der Waals surface area contributed by atoms with E-state index < -0.39 is 28.7 Å². The molecule has 0 saturated heterocycles. The zero-order chi connectivity index (χ0) is 14.9. The standard InChI is InChI=1S/C12H8N2O6/c1-2-6-5-14(12(19)13-10(6)17)4-3-7-8(15)9(16)11(18)20-7/h1,3,5,15-16H,4H2,(H,13,17,19)/b7-3-. The molecule has 1 aromatic rings. The quantitative estimate of drug-likeness (QED) is 0.484. The van der Waals surface area contributed by atoms with Crippen LogP contribution in [-0.4, -0.2) is 25.7 Å². The number of hydrogen-bond acceptors (Lipinski definition) is 6. The van der Waals surface area contributed by atoms with Crippen molar-refractivity contribution in [2.75, 3.05) is 0 Å². The number of terminal acetylenes is 1. The van der Waals surface area contributed by atoms with Crippen LogP contribution in [0.3, 0.4) is 0 Å². The van der Waals surface area contributed by atoms with Crippen molar-refractivity contribution in [1.29, 1.82) is 0 Å². The second-order valence-corrected chi connectivity index (χ2v) is 3.75. The van der Waals surface area contributed by atoms with Gasteiger partial charge in [-0.1, -0.05) is 5.92 Å². The van der Waals surface area contributed by atoms with Gasteiger partial charge in [-0.25, -0.2) is 9.59 Å². The van der Waals surface area contributed by atoms with E-state index >= 15 is 0 Å². The topological polar surface area (TPSA) is 122 Å². The van der Waals surface area contributed by atoms with Gasteiger partial charge < -0.3 is 14.9 Å². The minimum absolute atomic E-state index is 0.0472. The molecule has 1 aliphatic heterocycles. The molecule has 0 bridgehead atoms. The van der Waals surface area contributed by atoms with Crippen molar-refractivity contribution in [3.05, 3.63) is 56.0 Å². The van der Waals surface area contributed by atoms with Gasteiger partial charge >= 0.3 is 11.7 Å². The fourth-order valence-electron chi connectivity index (χ4n) is 1.48. The van der Waals surface area contributed by atoms with Crippen LogP contribution in [0.2, 0.25) is 0 Å². The first-order chi connectivity index (χ1) is 9.43. The smallest absolute Gasteiger partial charge is 0.383 e. The van der Waals surface area contributed by atoms with Crippen LogP contribution >= 0.6 is 0 Å². The number of rotatable bonds is 2. The van der Waals surface area contributed by atoms with Gasteiger partial charge in [-0.3, -0.25) is 14.3 Å². The first-order valence-corrected chi connectivity index (χ1v) is 5.29. The molecule has 20 heavy (non-hydrogen) atoms. The van der Waals surface area contributed by atoms with E-state index in [9.17, 15) is 19.5 Å². The third kappa shape index (κ3) is 2.20. The summed E-state index contributed by atoms with van der Waals surface area (Å²) in [6.07, 6.45) is 7.42. The molecule has 0 aliphatic carbocycles. The summed E-state index contributed by atoms with van der Waals surface area (Å²) in [7, 11) is 0. The predicted octanol–water partition coefficient (Wildman–Crippen LogP) is -0.714. The lowest BCUT2D eigenvalue weighted by Gasteiger charge is -2.02. The highest BCUT2D eigenvalue weighted by Gasteiger charge is 2.29. The fourth-order valence-corrected chi connectivity index (χ4v) is 1.48. The minimum atomic E-state index is -1.09. The Kier molecular flexibility index (Phi) is 3.18. The second kappa shape index (κ2) is 4.81. The number of aromatic amines is 1. The Hall–Kier alpha value is -3.21. The van der Waals surface area contributed by atoms with Crippen LogP contribution < -0.4 is 11.2 Å². The van der Waals surface area contributed by atoms with Gasteiger partial charge in [-0.05, 0) is 6.08 Å². The molecule has 0 fully saturated rings. The number of H-pyrrole nitrogens is 1. The van der Waals surface area contributed by atoms with Crippen LogP contribution in [-0.2, 0) is 16.1 Å². The fraction of sp³-hybridized carbons (Fsp3) is 0.0833. The molecule has 0 radical (unpaired) electrons. The van der Waals surface area contributed by atoms with Crippen LogP contribution in [0.25, 0.3) is 0 Å². The number of carbonyl (C=O) groups excluding carboxylic acids is 1. The van der Waals surface area contributed by atoms with E-state index in [1.54, 1.807) is 0 Å². The van der Waals surface area contributed by atoms with Crippen molar-refractivity contribution in [3.63, 3.8) is 0 Å². The van der Waals surface area contributed by atoms with Crippen molar-refractivity contribution in [2.45, 2.75) is 6.54 Å². The highest BCUT2D eigenvalue weighted by atomic mass is 16.6. The molecular weight excluding hydrogens is 268 g/mol. The summed E-state index contributed by atoms with van der Waals surface area (Å²) in [4.78, 5) is 35.7. The van der Waals surface area contributed by atoms with E-state index in [1.165, 1.54) is 6.08 Å². The zero-order valence-corrected chi connectivity index (χ0v) is 9.91. The third-order valence-electron chi connectivity index (χ3n) is 2.49. The lowest BCUT2D eigenvalue weighted by Crippen LogP contribution is -2.30. The van der Waals surface area contributed by atoms with Gasteiger partial charge in [0, 0.05) is 12.7 Å². The number of ether oxygens (including phenoxy) is 1. The van der Waals surface area contributed by atoms with Gasteiger partial charge in [-0.15, -0.1) is 6.42 Å². The molecule has 0 saturated carbocycles. The van der Waals surface area contributed by atoms with E-state index in [2.05, 4.69) is 10.7 Å². The van der Waals surface area contributed by atoms with Crippen molar-refractivity contribution in [3.8, 4) is 12.3 Å². The Morgan fingerprint density at radius 3 is 2.60 bits per heavy atom. The summed E-state index contributed by atoms with van der Waals surface area (Å²) in [5.74, 6) is -0.896. The molecule has 0 unspecified atom stereocenters. The number of aliphatic hydroxyl groups excluding tert-OH is 2. The highest BCUT2D eigenvalue weighted by molar-refractivity contribution is 5.91. The average molecular weight is 276 g/mol. The van der Waals surface area contributed by atoms with Crippen molar-refractivity contribution >= 4 is 5.97 Å². The average Bonchev–Trinajstić information content (AvgIpc) is 2.65. The number of nitrogens with zero attached hydrogens (tertiary/aromatic N) is 1. The number of nitrogens with one attached hydrogen (secondary N) is 1. The molecule has 2 heterocycles. The van der Waals surface area contributed by atoms with E-state index in [4.69, 9.17) is 11.5 Å². The summed E-state index contributed by atoms with van der Waals surface area (Å²) < 4.78 is 5.59. The number of aromatic nitrogens is 2. The second-order valence-electron chi connectivity index (χ2n) is 3.75. The van der Waals surface area contributed by atoms with Gasteiger partial charge in [0.25, 0.3) is 5.56 Å². The van der Waals surface area contributed by atoms with Gasteiger partial charge in [0.1, 0.15) is 5.56 Å². The summed E-state index contributed by atoms with van der Waals surface area (Å²) >= 11 is 0. The molecule has 102 valence electrons. The molecule has 0 aromatic carbocycles. The number of carbonyl (C=O) groups is 1. The zero-order valence-electron chi connectivity index (χ0n) is 9.91. The van der Waals surface area contributed by atoms with Gasteiger partial charge in [0.05, 0.1) is 0 Å². The predicted molar refractivity (Wildman–Crippen MR) is 65.7 cm³/mol. The largest absolute Gasteiger partial charge is 0.502 e. The molecule has 1 aromatic heterocycles. The lowest BCUT2D eigenvalue weighted by molar-refractivity contribution is -0.135. The number of esters is 1. The van der Waals surface area contributed by atoms with Crippen molar-refractivity contribution in [1.82, 2.24) is 9.55 Å². The molecule has 0 atom stereocenters.